The van der Waals surface area contributed by atoms with Crippen LogP contribution in [0, 0.1) is 5.82 Å². The van der Waals surface area contributed by atoms with Gasteiger partial charge in [0.15, 0.2) is 0 Å². The molecule has 3 aromatic rings. The highest BCUT2D eigenvalue weighted by molar-refractivity contribution is 6.30. The smallest absolute Gasteiger partial charge is 0.319 e. The lowest BCUT2D eigenvalue weighted by molar-refractivity contribution is -0.121. The summed E-state index contributed by atoms with van der Waals surface area (Å²) >= 11 is 5.85. The van der Waals surface area contributed by atoms with Gasteiger partial charge in [-0.05, 0) is 66.9 Å². The molecule has 1 saturated heterocycles. The van der Waals surface area contributed by atoms with Gasteiger partial charge >= 0.3 is 6.03 Å². The predicted octanol–water partition coefficient (Wildman–Crippen LogP) is 4.56. The summed E-state index contributed by atoms with van der Waals surface area (Å²) in [6, 6.07) is 16.2. The summed E-state index contributed by atoms with van der Waals surface area (Å²) in [5, 5.41) is 5.89. The highest BCUT2D eigenvalue weighted by atomic mass is 35.5. The number of hydrogen-bond donors (Lipinski definition) is 3. The number of hydrogen-bond acceptors (Lipinski definition) is 3. The number of urea groups is 1. The fourth-order valence-corrected chi connectivity index (χ4v) is 4.07. The molecule has 4 N–H and O–H groups in total. The van der Waals surface area contributed by atoms with Crippen molar-refractivity contribution in [3.8, 4) is 11.1 Å². The molecule has 1 fully saturated rings. The Balaban J connectivity index is 1.49. The van der Waals surface area contributed by atoms with Gasteiger partial charge < -0.3 is 21.3 Å². The minimum Gasteiger partial charge on any atom is -0.366 e. The van der Waals surface area contributed by atoms with Crippen molar-refractivity contribution in [1.82, 2.24) is 5.32 Å². The molecule has 0 spiro atoms. The molecule has 9 heteroatoms. The number of nitrogens with zero attached hydrogens (tertiary/aromatic N) is 1. The van der Waals surface area contributed by atoms with Crippen LogP contribution >= 0.6 is 11.6 Å². The molecule has 1 heterocycles. The Labute approximate surface area is 200 Å². The summed E-state index contributed by atoms with van der Waals surface area (Å²) in [6.45, 7) is 0.395. The Bertz CT molecular complexity index is 1250. The Morgan fingerprint density at radius 1 is 1.03 bits per heavy atom. The Morgan fingerprint density at radius 3 is 2.47 bits per heavy atom. The van der Waals surface area contributed by atoms with Crippen molar-refractivity contribution in [3.63, 3.8) is 0 Å². The van der Waals surface area contributed by atoms with E-state index in [0.717, 1.165) is 0 Å². The third-order valence-electron chi connectivity index (χ3n) is 5.59. The van der Waals surface area contributed by atoms with Crippen LogP contribution in [-0.4, -0.2) is 30.4 Å². The molecule has 1 atom stereocenters. The molecule has 0 radical (unpaired) electrons. The Hall–Kier alpha value is -3.91. The molecular formula is C25H22ClFN4O3. The Kier molecular flexibility index (Phi) is 6.79. The normalized spacial score (nSPS) is 15.6. The highest BCUT2D eigenvalue weighted by Gasteiger charge is 2.31. The van der Waals surface area contributed by atoms with E-state index in [1.807, 2.05) is 0 Å². The van der Waals surface area contributed by atoms with Crippen LogP contribution in [0.15, 0.2) is 66.7 Å². The number of primary amides is 1. The van der Waals surface area contributed by atoms with Crippen molar-refractivity contribution in [3.05, 3.63) is 83.1 Å². The highest BCUT2D eigenvalue weighted by Crippen LogP contribution is 2.30. The summed E-state index contributed by atoms with van der Waals surface area (Å²) in [5.41, 5.74) is 7.12. The van der Waals surface area contributed by atoms with E-state index in [-0.39, 0.29) is 17.0 Å². The van der Waals surface area contributed by atoms with Crippen LogP contribution in [0.1, 0.15) is 23.2 Å². The average Bonchev–Trinajstić information content (AvgIpc) is 2.82. The number of benzene rings is 3. The van der Waals surface area contributed by atoms with E-state index in [0.29, 0.717) is 41.3 Å². The van der Waals surface area contributed by atoms with Crippen LogP contribution < -0.4 is 21.3 Å². The van der Waals surface area contributed by atoms with Gasteiger partial charge in [0.25, 0.3) is 0 Å². The molecule has 7 nitrogen and oxygen atoms in total. The van der Waals surface area contributed by atoms with Gasteiger partial charge in [-0.25, -0.2) is 9.18 Å². The van der Waals surface area contributed by atoms with Crippen LogP contribution in [0.4, 0.5) is 20.6 Å². The van der Waals surface area contributed by atoms with E-state index >= 15 is 4.39 Å². The van der Waals surface area contributed by atoms with Gasteiger partial charge in [0, 0.05) is 34.1 Å². The number of amides is 4. The van der Waals surface area contributed by atoms with Crippen molar-refractivity contribution < 1.29 is 18.8 Å². The number of nitrogens with one attached hydrogen (secondary N) is 2. The van der Waals surface area contributed by atoms with E-state index in [4.69, 9.17) is 17.3 Å². The molecule has 4 amide bonds. The van der Waals surface area contributed by atoms with E-state index < -0.39 is 23.8 Å². The zero-order valence-electron chi connectivity index (χ0n) is 18.1. The van der Waals surface area contributed by atoms with Crippen LogP contribution in [0.5, 0.6) is 0 Å². The van der Waals surface area contributed by atoms with Crippen molar-refractivity contribution in [2.24, 2.45) is 5.73 Å². The number of carbonyl (C=O) groups excluding carboxylic acids is 3. The number of halogens is 2. The third kappa shape index (κ3) is 5.02. The third-order valence-corrected chi connectivity index (χ3v) is 5.85. The minimum absolute atomic E-state index is 0.208. The zero-order valence-corrected chi connectivity index (χ0v) is 18.8. The number of carbonyl (C=O) groups is 3. The molecular weight excluding hydrogens is 459 g/mol. The second-order valence-electron chi connectivity index (χ2n) is 7.86. The van der Waals surface area contributed by atoms with Crippen LogP contribution in [0.3, 0.4) is 0 Å². The lowest BCUT2D eigenvalue weighted by atomic mass is 9.97. The largest absolute Gasteiger partial charge is 0.366 e. The quantitative estimate of drug-likeness (QED) is 0.498. The van der Waals surface area contributed by atoms with Gasteiger partial charge in [0.1, 0.15) is 11.9 Å². The first-order chi connectivity index (χ1) is 16.3. The molecule has 0 bridgehead atoms. The molecule has 3 aromatic carbocycles. The second-order valence-corrected chi connectivity index (χ2v) is 8.30. The number of anilines is 2. The SMILES string of the molecule is NC(=O)c1ccccc1-c1ccc(N2CCCC(NC(=O)Nc3ccc(Cl)cc3)C2=O)cc1F. The van der Waals surface area contributed by atoms with Gasteiger partial charge in [-0.15, -0.1) is 0 Å². The van der Waals surface area contributed by atoms with Crippen molar-refractivity contribution >= 4 is 40.8 Å². The van der Waals surface area contributed by atoms with Crippen molar-refractivity contribution in [1.29, 1.82) is 0 Å². The topological polar surface area (TPSA) is 105 Å². The van der Waals surface area contributed by atoms with Gasteiger partial charge in [-0.3, -0.25) is 9.59 Å². The maximum absolute atomic E-state index is 15.1. The summed E-state index contributed by atoms with van der Waals surface area (Å²) < 4.78 is 15.1. The first-order valence-electron chi connectivity index (χ1n) is 10.7. The Morgan fingerprint density at radius 2 is 1.76 bits per heavy atom. The fourth-order valence-electron chi connectivity index (χ4n) is 3.95. The molecule has 34 heavy (non-hydrogen) atoms. The maximum Gasteiger partial charge on any atom is 0.319 e. The van der Waals surface area contributed by atoms with E-state index in [1.54, 1.807) is 48.5 Å². The molecule has 0 aliphatic carbocycles. The van der Waals surface area contributed by atoms with Crippen molar-refractivity contribution in [2.45, 2.75) is 18.9 Å². The summed E-state index contributed by atoms with van der Waals surface area (Å²) in [7, 11) is 0. The zero-order chi connectivity index (χ0) is 24.2. The van der Waals surface area contributed by atoms with Crippen LogP contribution in [0.25, 0.3) is 11.1 Å². The van der Waals surface area contributed by atoms with Crippen molar-refractivity contribution in [2.75, 3.05) is 16.8 Å². The first-order valence-corrected chi connectivity index (χ1v) is 11.0. The monoisotopic (exact) mass is 480 g/mol. The molecule has 4 rings (SSSR count). The summed E-state index contributed by atoms with van der Waals surface area (Å²) in [5.74, 6) is -1.58. The molecule has 0 aromatic heterocycles. The lowest BCUT2D eigenvalue weighted by Crippen LogP contribution is -2.53. The standard InChI is InChI=1S/C25H22ClFN4O3/c26-15-7-9-16(10-8-15)29-25(34)30-22-6-3-13-31(24(22)33)17-11-12-19(21(27)14-17)18-4-1-2-5-20(18)23(28)32/h1-2,4-5,7-12,14,22H,3,6,13H2,(H2,28,32)(H2,29,30,34). The van der Waals surface area contributed by atoms with Gasteiger partial charge in [0.05, 0.1) is 0 Å². The number of nitrogens with two attached hydrogens (primary N) is 1. The molecule has 174 valence electrons. The minimum atomic E-state index is -0.751. The van der Waals surface area contributed by atoms with Crippen LogP contribution in [-0.2, 0) is 4.79 Å². The van der Waals surface area contributed by atoms with Gasteiger partial charge in [-0.1, -0.05) is 29.8 Å². The van der Waals surface area contributed by atoms with E-state index in [1.165, 1.54) is 23.1 Å². The molecule has 1 aliphatic heterocycles. The van der Waals surface area contributed by atoms with Gasteiger partial charge in [0.2, 0.25) is 11.8 Å². The second kappa shape index (κ2) is 9.93. The number of rotatable bonds is 5. The lowest BCUT2D eigenvalue weighted by Gasteiger charge is -2.32. The summed E-state index contributed by atoms with van der Waals surface area (Å²) in [4.78, 5) is 38.6. The van der Waals surface area contributed by atoms with E-state index in [9.17, 15) is 14.4 Å². The molecule has 0 saturated carbocycles. The van der Waals surface area contributed by atoms with Crippen LogP contribution in [0.2, 0.25) is 5.02 Å². The summed E-state index contributed by atoms with van der Waals surface area (Å²) in [6.07, 6.45) is 1.10. The number of piperidine rings is 1. The molecule has 1 aliphatic rings. The fraction of sp³-hybridized carbons (Fsp3) is 0.160. The molecule has 1 unspecified atom stereocenters. The maximum atomic E-state index is 15.1. The average molecular weight is 481 g/mol. The van der Waals surface area contributed by atoms with E-state index in [2.05, 4.69) is 10.6 Å². The van der Waals surface area contributed by atoms with Gasteiger partial charge in [-0.2, -0.15) is 0 Å². The first kappa shape index (κ1) is 23.3. The predicted molar refractivity (Wildman–Crippen MR) is 129 cm³/mol.